The van der Waals surface area contributed by atoms with Gasteiger partial charge >= 0.3 is 6.18 Å². The van der Waals surface area contributed by atoms with E-state index in [1.54, 1.807) is 0 Å². The van der Waals surface area contributed by atoms with Gasteiger partial charge < -0.3 is 9.64 Å². The van der Waals surface area contributed by atoms with E-state index in [0.29, 0.717) is 5.56 Å². The van der Waals surface area contributed by atoms with Gasteiger partial charge in [0.1, 0.15) is 11.5 Å². The fourth-order valence-corrected chi connectivity index (χ4v) is 2.19. The minimum Gasteiger partial charge on any atom is -0.383 e. The molecule has 1 aromatic heterocycles. The van der Waals surface area contributed by atoms with Crippen molar-refractivity contribution >= 4 is 17.5 Å². The zero-order valence-electron chi connectivity index (χ0n) is 12.6. The number of methoxy groups -OCH3 is 1. The van der Waals surface area contributed by atoms with Crippen LogP contribution in [0.5, 0.6) is 0 Å². The number of nitrogens with zero attached hydrogens (tertiary/aromatic N) is 3. The summed E-state index contributed by atoms with van der Waals surface area (Å²) in [5.74, 6) is -0.607. The third-order valence-electron chi connectivity index (χ3n) is 3.16. The van der Waals surface area contributed by atoms with Crippen molar-refractivity contribution in [3.05, 3.63) is 52.6 Å². The number of aromatic nitrogens is 2. The molecule has 1 aromatic carbocycles. The lowest BCUT2D eigenvalue weighted by molar-refractivity contribution is -0.141. The lowest BCUT2D eigenvalue weighted by Gasteiger charge is -2.23. The van der Waals surface area contributed by atoms with E-state index in [1.165, 1.54) is 24.1 Å². The Morgan fingerprint density at radius 1 is 1.25 bits per heavy atom. The summed E-state index contributed by atoms with van der Waals surface area (Å²) < 4.78 is 56.6. The molecule has 0 aliphatic rings. The molecule has 0 amide bonds. The van der Waals surface area contributed by atoms with E-state index >= 15 is 0 Å². The van der Waals surface area contributed by atoms with Gasteiger partial charge in [0.25, 0.3) is 0 Å². The minimum atomic E-state index is -4.57. The van der Waals surface area contributed by atoms with Gasteiger partial charge in [-0.05, 0) is 23.8 Å². The summed E-state index contributed by atoms with van der Waals surface area (Å²) in [5.41, 5.74) is -0.504. The fourth-order valence-electron chi connectivity index (χ4n) is 1.97. The number of rotatable bonds is 6. The Balaban J connectivity index is 2.31. The van der Waals surface area contributed by atoms with Gasteiger partial charge in [-0.3, -0.25) is 0 Å². The first-order chi connectivity index (χ1) is 11.3. The molecule has 0 radical (unpaired) electrons. The fraction of sp³-hybridized carbons (Fsp3) is 0.333. The van der Waals surface area contributed by atoms with Crippen molar-refractivity contribution in [2.24, 2.45) is 0 Å². The maximum atomic E-state index is 13.1. The highest BCUT2D eigenvalue weighted by atomic mass is 35.5. The van der Waals surface area contributed by atoms with Gasteiger partial charge in [-0.15, -0.1) is 0 Å². The number of ether oxygens (including phenoxy) is 1. The van der Waals surface area contributed by atoms with Crippen molar-refractivity contribution in [1.29, 1.82) is 0 Å². The van der Waals surface area contributed by atoms with E-state index in [9.17, 15) is 17.6 Å². The molecule has 9 heteroatoms. The second-order valence-corrected chi connectivity index (χ2v) is 5.30. The highest BCUT2D eigenvalue weighted by Crippen LogP contribution is 2.28. The zero-order valence-corrected chi connectivity index (χ0v) is 13.4. The summed E-state index contributed by atoms with van der Waals surface area (Å²) in [6.07, 6.45) is -3.53. The standard InChI is InChI=1S/C15H14ClF4N3O/c1-24-7-6-23(9-10-2-3-11(17)8-12(10)16)14-21-5-4-13(22-14)15(18,19)20/h2-5,8H,6-7,9H2,1H3. The van der Waals surface area contributed by atoms with Crippen molar-refractivity contribution < 1.29 is 22.3 Å². The third-order valence-corrected chi connectivity index (χ3v) is 3.51. The van der Waals surface area contributed by atoms with E-state index in [1.807, 2.05) is 0 Å². The highest BCUT2D eigenvalue weighted by molar-refractivity contribution is 6.31. The number of anilines is 1. The Morgan fingerprint density at radius 3 is 2.62 bits per heavy atom. The average Bonchev–Trinajstić information content (AvgIpc) is 2.52. The van der Waals surface area contributed by atoms with Crippen LogP contribution in [0.15, 0.2) is 30.5 Å². The van der Waals surface area contributed by atoms with Gasteiger partial charge in [-0.2, -0.15) is 13.2 Å². The Kier molecular flexibility index (Phi) is 5.95. The van der Waals surface area contributed by atoms with Gasteiger partial charge in [0.2, 0.25) is 5.95 Å². The summed E-state index contributed by atoms with van der Waals surface area (Å²) in [5, 5.41) is 0.171. The molecule has 2 aromatic rings. The molecular weight excluding hydrogens is 350 g/mol. The van der Waals surface area contributed by atoms with Gasteiger partial charge in [0, 0.05) is 31.4 Å². The highest BCUT2D eigenvalue weighted by Gasteiger charge is 2.33. The smallest absolute Gasteiger partial charge is 0.383 e. The molecule has 0 N–H and O–H groups in total. The van der Waals surface area contributed by atoms with Crippen LogP contribution in [-0.4, -0.2) is 30.2 Å². The van der Waals surface area contributed by atoms with E-state index in [0.717, 1.165) is 18.3 Å². The Labute approximate surface area is 141 Å². The van der Waals surface area contributed by atoms with Crippen LogP contribution in [0.3, 0.4) is 0 Å². The number of hydrogen-bond acceptors (Lipinski definition) is 4. The second kappa shape index (κ2) is 7.76. The van der Waals surface area contributed by atoms with Gasteiger partial charge in [0.15, 0.2) is 0 Å². The Bertz CT molecular complexity index is 697. The molecule has 4 nitrogen and oxygen atoms in total. The van der Waals surface area contributed by atoms with E-state index in [-0.39, 0.29) is 30.7 Å². The summed E-state index contributed by atoms with van der Waals surface area (Å²) in [4.78, 5) is 8.93. The quantitative estimate of drug-likeness (QED) is 0.729. The number of halogens is 5. The molecule has 24 heavy (non-hydrogen) atoms. The summed E-state index contributed by atoms with van der Waals surface area (Å²) >= 11 is 5.98. The second-order valence-electron chi connectivity index (χ2n) is 4.89. The van der Waals surface area contributed by atoms with Crippen molar-refractivity contribution in [2.75, 3.05) is 25.2 Å². The number of benzene rings is 1. The van der Waals surface area contributed by atoms with E-state index in [2.05, 4.69) is 9.97 Å². The monoisotopic (exact) mass is 363 g/mol. The summed E-state index contributed by atoms with van der Waals surface area (Å²) in [6.45, 7) is 0.605. The molecule has 0 unspecified atom stereocenters. The van der Waals surface area contributed by atoms with Gasteiger partial charge in [-0.1, -0.05) is 17.7 Å². The summed E-state index contributed by atoms with van der Waals surface area (Å²) in [6, 6.07) is 4.62. The van der Waals surface area contributed by atoms with Crippen molar-refractivity contribution in [3.8, 4) is 0 Å². The average molecular weight is 364 g/mol. The molecule has 0 bridgehead atoms. The predicted molar refractivity (Wildman–Crippen MR) is 81.4 cm³/mol. The maximum absolute atomic E-state index is 13.1. The minimum absolute atomic E-state index is 0.109. The van der Waals surface area contributed by atoms with Crippen LogP contribution in [0, 0.1) is 5.82 Å². The molecule has 0 fully saturated rings. The first-order valence-electron chi connectivity index (χ1n) is 6.89. The van der Waals surface area contributed by atoms with Crippen LogP contribution in [0.1, 0.15) is 11.3 Å². The van der Waals surface area contributed by atoms with Gasteiger partial charge in [-0.25, -0.2) is 14.4 Å². The SMILES string of the molecule is COCCN(Cc1ccc(F)cc1Cl)c1nccc(C(F)(F)F)n1. The molecule has 0 aliphatic carbocycles. The lowest BCUT2D eigenvalue weighted by Crippen LogP contribution is -2.29. The molecule has 130 valence electrons. The van der Waals surface area contributed by atoms with Crippen LogP contribution in [0.2, 0.25) is 5.02 Å². The first kappa shape index (κ1) is 18.4. The van der Waals surface area contributed by atoms with Crippen LogP contribution >= 0.6 is 11.6 Å². The Hall–Kier alpha value is -1.93. The van der Waals surface area contributed by atoms with E-state index < -0.39 is 17.7 Å². The molecule has 2 rings (SSSR count). The van der Waals surface area contributed by atoms with Crippen molar-refractivity contribution in [3.63, 3.8) is 0 Å². The molecule has 0 saturated heterocycles. The normalized spacial score (nSPS) is 11.6. The van der Waals surface area contributed by atoms with E-state index in [4.69, 9.17) is 16.3 Å². The van der Waals surface area contributed by atoms with Crippen LogP contribution in [0.4, 0.5) is 23.5 Å². The van der Waals surface area contributed by atoms with Crippen LogP contribution < -0.4 is 4.90 Å². The molecule has 0 atom stereocenters. The number of alkyl halides is 3. The molecule has 0 aliphatic heterocycles. The third kappa shape index (κ3) is 4.78. The van der Waals surface area contributed by atoms with Crippen molar-refractivity contribution in [1.82, 2.24) is 9.97 Å². The molecule has 1 heterocycles. The van der Waals surface area contributed by atoms with Gasteiger partial charge in [0.05, 0.1) is 6.61 Å². The topological polar surface area (TPSA) is 38.2 Å². The number of hydrogen-bond donors (Lipinski definition) is 0. The lowest BCUT2D eigenvalue weighted by atomic mass is 10.2. The largest absolute Gasteiger partial charge is 0.433 e. The zero-order chi connectivity index (χ0) is 17.7. The Morgan fingerprint density at radius 2 is 2.00 bits per heavy atom. The summed E-state index contributed by atoms with van der Waals surface area (Å²) in [7, 11) is 1.47. The molecule has 0 saturated carbocycles. The maximum Gasteiger partial charge on any atom is 0.433 e. The molecular formula is C15H14ClF4N3O. The van der Waals surface area contributed by atoms with Crippen LogP contribution in [0.25, 0.3) is 0 Å². The predicted octanol–water partition coefficient (Wildman–Crippen LogP) is 3.94. The van der Waals surface area contributed by atoms with Crippen molar-refractivity contribution in [2.45, 2.75) is 12.7 Å². The van der Waals surface area contributed by atoms with Crippen LogP contribution in [-0.2, 0) is 17.5 Å². The molecule has 0 spiro atoms. The first-order valence-corrected chi connectivity index (χ1v) is 7.27.